The quantitative estimate of drug-likeness (QED) is 0.797. The summed E-state index contributed by atoms with van der Waals surface area (Å²) in [7, 11) is 0. The van der Waals surface area contributed by atoms with Gasteiger partial charge in [-0.2, -0.15) is 0 Å². The highest BCUT2D eigenvalue weighted by Gasteiger charge is 2.11. The number of fused-ring (bicyclic) bond motifs is 1. The average molecular weight is 273 g/mol. The number of benzene rings is 2. The SMILES string of the molecule is NCc1nc2cc(F)ccc2n1Cc1cccc(F)c1. The van der Waals surface area contributed by atoms with Gasteiger partial charge in [-0.1, -0.05) is 12.1 Å². The molecule has 0 amide bonds. The molecule has 2 aromatic carbocycles. The van der Waals surface area contributed by atoms with Crippen LogP contribution >= 0.6 is 0 Å². The molecule has 0 saturated heterocycles. The van der Waals surface area contributed by atoms with Crippen molar-refractivity contribution in [2.45, 2.75) is 13.1 Å². The summed E-state index contributed by atoms with van der Waals surface area (Å²) in [5, 5.41) is 0. The van der Waals surface area contributed by atoms with Crippen LogP contribution in [-0.4, -0.2) is 9.55 Å². The number of nitrogens with zero attached hydrogens (tertiary/aromatic N) is 2. The first-order valence-electron chi connectivity index (χ1n) is 6.26. The Morgan fingerprint density at radius 2 is 1.85 bits per heavy atom. The Kier molecular flexibility index (Phi) is 3.20. The van der Waals surface area contributed by atoms with Crippen LogP contribution in [0.2, 0.25) is 0 Å². The molecule has 0 radical (unpaired) electrons. The number of rotatable bonds is 3. The molecule has 0 fully saturated rings. The summed E-state index contributed by atoms with van der Waals surface area (Å²) in [6, 6.07) is 10.8. The summed E-state index contributed by atoms with van der Waals surface area (Å²) in [6.45, 7) is 0.693. The van der Waals surface area contributed by atoms with Gasteiger partial charge in [0.15, 0.2) is 0 Å². The second kappa shape index (κ2) is 5.02. The van der Waals surface area contributed by atoms with Gasteiger partial charge in [0.05, 0.1) is 17.6 Å². The molecular formula is C15H13F2N3. The van der Waals surface area contributed by atoms with Crippen LogP contribution in [0.25, 0.3) is 11.0 Å². The van der Waals surface area contributed by atoms with Gasteiger partial charge < -0.3 is 10.3 Å². The standard InChI is InChI=1S/C15H13F2N3/c16-11-3-1-2-10(6-11)9-20-14-5-4-12(17)7-13(14)19-15(20)8-18/h1-7H,8-9,18H2. The Hall–Kier alpha value is -2.27. The van der Waals surface area contributed by atoms with Crippen LogP contribution in [0.3, 0.4) is 0 Å². The van der Waals surface area contributed by atoms with Gasteiger partial charge in [-0.3, -0.25) is 0 Å². The molecule has 0 unspecified atom stereocenters. The first kappa shape index (κ1) is 12.7. The Balaban J connectivity index is 2.10. The molecule has 0 aliphatic heterocycles. The van der Waals surface area contributed by atoms with Crippen molar-refractivity contribution >= 4 is 11.0 Å². The Labute approximate surface area is 114 Å². The molecular weight excluding hydrogens is 260 g/mol. The third kappa shape index (κ3) is 2.28. The fourth-order valence-corrected chi connectivity index (χ4v) is 2.30. The van der Waals surface area contributed by atoms with Crippen molar-refractivity contribution in [1.29, 1.82) is 0 Å². The minimum Gasteiger partial charge on any atom is -0.324 e. The second-order valence-corrected chi connectivity index (χ2v) is 4.58. The Morgan fingerprint density at radius 1 is 1.05 bits per heavy atom. The van der Waals surface area contributed by atoms with E-state index < -0.39 is 0 Å². The lowest BCUT2D eigenvalue weighted by Crippen LogP contribution is -2.09. The molecule has 3 aromatic rings. The molecule has 1 heterocycles. The van der Waals surface area contributed by atoms with Crippen molar-refractivity contribution in [2.75, 3.05) is 0 Å². The van der Waals surface area contributed by atoms with Crippen molar-refractivity contribution in [3.8, 4) is 0 Å². The number of imidazole rings is 1. The van der Waals surface area contributed by atoms with Crippen LogP contribution in [0.5, 0.6) is 0 Å². The highest BCUT2D eigenvalue weighted by molar-refractivity contribution is 5.76. The van der Waals surface area contributed by atoms with E-state index in [4.69, 9.17) is 5.73 Å². The van der Waals surface area contributed by atoms with Gasteiger partial charge in [0.2, 0.25) is 0 Å². The highest BCUT2D eigenvalue weighted by atomic mass is 19.1. The lowest BCUT2D eigenvalue weighted by atomic mass is 10.2. The van der Waals surface area contributed by atoms with Gasteiger partial charge in [0, 0.05) is 12.6 Å². The smallest absolute Gasteiger partial charge is 0.125 e. The van der Waals surface area contributed by atoms with Crippen LogP contribution in [0, 0.1) is 11.6 Å². The van der Waals surface area contributed by atoms with Crippen molar-refractivity contribution in [3.05, 3.63) is 65.5 Å². The average Bonchev–Trinajstić information content (AvgIpc) is 2.76. The van der Waals surface area contributed by atoms with Crippen molar-refractivity contribution in [2.24, 2.45) is 5.73 Å². The van der Waals surface area contributed by atoms with Gasteiger partial charge in [0.25, 0.3) is 0 Å². The summed E-state index contributed by atoms with van der Waals surface area (Å²) in [5.74, 6) is 0.0265. The molecule has 0 aliphatic carbocycles. The van der Waals surface area contributed by atoms with E-state index >= 15 is 0 Å². The molecule has 0 atom stereocenters. The lowest BCUT2D eigenvalue weighted by molar-refractivity contribution is 0.623. The third-order valence-corrected chi connectivity index (χ3v) is 3.20. The van der Waals surface area contributed by atoms with E-state index in [2.05, 4.69) is 4.98 Å². The largest absolute Gasteiger partial charge is 0.324 e. The fourth-order valence-electron chi connectivity index (χ4n) is 2.30. The number of halogens is 2. The summed E-state index contributed by atoms with van der Waals surface area (Å²) in [6.07, 6.45) is 0. The van der Waals surface area contributed by atoms with E-state index in [1.54, 1.807) is 12.1 Å². The van der Waals surface area contributed by atoms with Gasteiger partial charge >= 0.3 is 0 Å². The highest BCUT2D eigenvalue weighted by Crippen LogP contribution is 2.19. The van der Waals surface area contributed by atoms with Crippen LogP contribution in [0.4, 0.5) is 8.78 Å². The predicted molar refractivity (Wildman–Crippen MR) is 73.1 cm³/mol. The first-order valence-corrected chi connectivity index (χ1v) is 6.26. The van der Waals surface area contributed by atoms with E-state index in [0.29, 0.717) is 17.9 Å². The third-order valence-electron chi connectivity index (χ3n) is 3.20. The zero-order valence-electron chi connectivity index (χ0n) is 10.7. The van der Waals surface area contributed by atoms with E-state index in [1.165, 1.54) is 24.3 Å². The van der Waals surface area contributed by atoms with Crippen LogP contribution < -0.4 is 5.73 Å². The Bertz CT molecular complexity index is 765. The molecule has 0 bridgehead atoms. The summed E-state index contributed by atoms with van der Waals surface area (Å²) < 4.78 is 28.4. The zero-order chi connectivity index (χ0) is 14.1. The van der Waals surface area contributed by atoms with Gasteiger partial charge in [-0.25, -0.2) is 13.8 Å². The molecule has 0 aliphatic rings. The maximum absolute atomic E-state index is 13.2. The minimum absolute atomic E-state index is 0.242. The molecule has 1 aromatic heterocycles. The minimum atomic E-state index is -0.337. The maximum atomic E-state index is 13.2. The van der Waals surface area contributed by atoms with Crippen LogP contribution in [-0.2, 0) is 13.1 Å². The maximum Gasteiger partial charge on any atom is 0.125 e. The Morgan fingerprint density at radius 3 is 2.60 bits per heavy atom. The monoisotopic (exact) mass is 273 g/mol. The number of aromatic nitrogens is 2. The van der Waals surface area contributed by atoms with Crippen molar-refractivity contribution in [3.63, 3.8) is 0 Å². The van der Waals surface area contributed by atoms with Gasteiger partial charge in [0.1, 0.15) is 17.5 Å². The number of nitrogens with two attached hydrogens (primary N) is 1. The second-order valence-electron chi connectivity index (χ2n) is 4.58. The van der Waals surface area contributed by atoms with E-state index in [1.807, 2.05) is 10.6 Å². The molecule has 102 valence electrons. The molecule has 3 rings (SSSR count). The molecule has 3 nitrogen and oxygen atoms in total. The number of hydrogen-bond acceptors (Lipinski definition) is 2. The van der Waals surface area contributed by atoms with Crippen molar-refractivity contribution in [1.82, 2.24) is 9.55 Å². The van der Waals surface area contributed by atoms with Crippen molar-refractivity contribution < 1.29 is 8.78 Å². The lowest BCUT2D eigenvalue weighted by Gasteiger charge is -2.08. The zero-order valence-corrected chi connectivity index (χ0v) is 10.7. The summed E-state index contributed by atoms with van der Waals surface area (Å²) in [5.41, 5.74) is 7.84. The summed E-state index contributed by atoms with van der Waals surface area (Å²) in [4.78, 5) is 4.31. The topological polar surface area (TPSA) is 43.8 Å². The molecule has 5 heteroatoms. The molecule has 2 N–H and O–H groups in total. The van der Waals surface area contributed by atoms with Gasteiger partial charge in [-0.05, 0) is 29.8 Å². The normalized spacial score (nSPS) is 11.2. The molecule has 0 spiro atoms. The summed E-state index contributed by atoms with van der Waals surface area (Å²) >= 11 is 0. The van der Waals surface area contributed by atoms with Crippen LogP contribution in [0.1, 0.15) is 11.4 Å². The van der Waals surface area contributed by atoms with E-state index in [0.717, 1.165) is 11.1 Å². The van der Waals surface area contributed by atoms with Gasteiger partial charge in [-0.15, -0.1) is 0 Å². The first-order chi connectivity index (χ1) is 9.67. The van der Waals surface area contributed by atoms with Crippen LogP contribution in [0.15, 0.2) is 42.5 Å². The molecule has 0 saturated carbocycles. The number of hydrogen-bond donors (Lipinski definition) is 1. The fraction of sp³-hybridized carbons (Fsp3) is 0.133. The van der Waals surface area contributed by atoms with E-state index in [-0.39, 0.29) is 18.2 Å². The van der Waals surface area contributed by atoms with E-state index in [9.17, 15) is 8.78 Å². The molecule has 20 heavy (non-hydrogen) atoms. The predicted octanol–water partition coefficient (Wildman–Crippen LogP) is 2.82.